The number of rotatable bonds is 13. The fourth-order valence-electron chi connectivity index (χ4n) is 4.65. The second-order valence-electron chi connectivity index (χ2n) is 9.67. The molecule has 2 aromatic carbocycles. The van der Waals surface area contributed by atoms with Crippen molar-refractivity contribution in [2.75, 3.05) is 58.1 Å². The molecule has 0 radical (unpaired) electrons. The maximum Gasteiger partial charge on any atom is 0.321 e. The van der Waals surface area contributed by atoms with Gasteiger partial charge in [0.2, 0.25) is 15.9 Å². The molecule has 0 bridgehead atoms. The van der Waals surface area contributed by atoms with E-state index in [1.807, 2.05) is 12.1 Å². The van der Waals surface area contributed by atoms with Crippen LogP contribution < -0.4 is 10.1 Å². The van der Waals surface area contributed by atoms with E-state index in [0.717, 1.165) is 5.56 Å². The first kappa shape index (κ1) is 31.7. The molecule has 2 aromatic rings. The van der Waals surface area contributed by atoms with E-state index >= 15 is 0 Å². The number of anilines is 1. The van der Waals surface area contributed by atoms with Crippen LogP contribution in [0.1, 0.15) is 31.7 Å². The number of carbonyl (C=O) groups is 2. The predicted octanol–water partition coefficient (Wildman–Crippen LogP) is 4.06. The minimum absolute atomic E-state index is 0.0417. The Kier molecular flexibility index (Phi) is 12.1. The molecule has 0 saturated carbocycles. The smallest absolute Gasteiger partial charge is 0.321 e. The summed E-state index contributed by atoms with van der Waals surface area (Å²) in [6.07, 6.45) is 1.56. The monoisotopic (exact) mass is 594 g/mol. The average Bonchev–Trinajstić information content (AvgIpc) is 2.94. The van der Waals surface area contributed by atoms with Gasteiger partial charge in [0.15, 0.2) is 0 Å². The summed E-state index contributed by atoms with van der Waals surface area (Å²) in [4.78, 5) is 30.0. The molecule has 1 aliphatic heterocycles. The van der Waals surface area contributed by atoms with E-state index in [-0.39, 0.29) is 50.0 Å². The number of ether oxygens (including phenoxy) is 2. The van der Waals surface area contributed by atoms with Crippen molar-refractivity contribution >= 4 is 39.2 Å². The van der Waals surface area contributed by atoms with E-state index in [1.54, 1.807) is 60.2 Å². The van der Waals surface area contributed by atoms with Crippen LogP contribution in [0.3, 0.4) is 0 Å². The summed E-state index contributed by atoms with van der Waals surface area (Å²) < 4.78 is 37.3. The van der Waals surface area contributed by atoms with Crippen LogP contribution in [0.4, 0.5) is 10.5 Å². The van der Waals surface area contributed by atoms with Crippen molar-refractivity contribution in [2.24, 2.45) is 0 Å². The molecule has 1 heterocycles. The van der Waals surface area contributed by atoms with Crippen LogP contribution >= 0.6 is 11.6 Å². The molecule has 40 heavy (non-hydrogen) atoms. The van der Waals surface area contributed by atoms with Gasteiger partial charge in [0, 0.05) is 50.0 Å². The standard InChI is InChI=1S/C28H39ClN4O6S/c1-4-18-40(36,37)32(16-17-38-2)21-27(34)33(20-22-6-5-7-23(29)19-22)25-12-14-31(15-13-25)28(35)30-24-8-10-26(39-3)11-9-24/h5-11,19,25H,4,12-18,20-21H2,1-3H3,(H,30,35). The second kappa shape index (κ2) is 15.2. The Labute approximate surface area is 242 Å². The van der Waals surface area contributed by atoms with E-state index in [1.165, 1.54) is 11.4 Å². The topological polar surface area (TPSA) is 108 Å². The minimum atomic E-state index is -3.62. The molecule has 0 unspecified atom stereocenters. The van der Waals surface area contributed by atoms with Crippen LogP contribution in [-0.4, -0.2) is 93.3 Å². The maximum atomic E-state index is 13.7. The highest BCUT2D eigenvalue weighted by Gasteiger charge is 2.32. The van der Waals surface area contributed by atoms with Crippen molar-refractivity contribution in [3.63, 3.8) is 0 Å². The van der Waals surface area contributed by atoms with Crippen molar-refractivity contribution in [3.8, 4) is 5.75 Å². The van der Waals surface area contributed by atoms with Gasteiger partial charge in [-0.25, -0.2) is 13.2 Å². The Balaban J connectivity index is 1.72. The van der Waals surface area contributed by atoms with E-state index in [0.29, 0.717) is 48.8 Å². The van der Waals surface area contributed by atoms with Gasteiger partial charge in [-0.3, -0.25) is 4.79 Å². The average molecular weight is 595 g/mol. The van der Waals surface area contributed by atoms with Gasteiger partial charge in [0.1, 0.15) is 5.75 Å². The van der Waals surface area contributed by atoms with E-state index in [4.69, 9.17) is 21.1 Å². The van der Waals surface area contributed by atoms with E-state index in [9.17, 15) is 18.0 Å². The summed E-state index contributed by atoms with van der Waals surface area (Å²) >= 11 is 6.20. The SMILES string of the molecule is CCCS(=O)(=O)N(CCOC)CC(=O)N(Cc1cccc(Cl)c1)C1CCN(C(=O)Nc2ccc(OC)cc2)CC1. The number of nitrogens with zero attached hydrogens (tertiary/aromatic N) is 3. The van der Waals surface area contributed by atoms with E-state index < -0.39 is 10.0 Å². The van der Waals surface area contributed by atoms with Crippen LogP contribution in [0.2, 0.25) is 5.02 Å². The highest BCUT2D eigenvalue weighted by molar-refractivity contribution is 7.89. The molecule has 1 saturated heterocycles. The largest absolute Gasteiger partial charge is 0.497 e. The lowest BCUT2D eigenvalue weighted by atomic mass is 10.0. The van der Waals surface area contributed by atoms with Gasteiger partial charge in [-0.05, 0) is 61.2 Å². The fourth-order valence-corrected chi connectivity index (χ4v) is 6.30. The number of piperidine rings is 1. The molecule has 1 fully saturated rings. The Bertz CT molecular complexity index is 1220. The summed E-state index contributed by atoms with van der Waals surface area (Å²) in [7, 11) is -0.543. The molecule has 0 atom stereocenters. The summed E-state index contributed by atoms with van der Waals surface area (Å²) in [5.41, 5.74) is 1.51. The molecular formula is C28H39ClN4O6S. The highest BCUT2D eigenvalue weighted by atomic mass is 35.5. The predicted molar refractivity (Wildman–Crippen MR) is 156 cm³/mol. The summed E-state index contributed by atoms with van der Waals surface area (Å²) in [6, 6.07) is 14.0. The van der Waals surface area contributed by atoms with Gasteiger partial charge in [-0.2, -0.15) is 4.31 Å². The highest BCUT2D eigenvalue weighted by Crippen LogP contribution is 2.23. The Morgan fingerprint density at radius 3 is 2.40 bits per heavy atom. The van der Waals surface area contributed by atoms with Crippen molar-refractivity contribution < 1.29 is 27.5 Å². The Morgan fingerprint density at radius 1 is 1.10 bits per heavy atom. The van der Waals surface area contributed by atoms with Gasteiger partial charge in [-0.15, -0.1) is 0 Å². The van der Waals surface area contributed by atoms with Crippen LogP contribution in [-0.2, 0) is 26.1 Å². The molecule has 0 spiro atoms. The Morgan fingerprint density at radius 2 is 1.80 bits per heavy atom. The third kappa shape index (κ3) is 9.09. The molecule has 3 amide bonds. The summed E-state index contributed by atoms with van der Waals surface area (Å²) in [5.74, 6) is 0.364. The molecule has 12 heteroatoms. The lowest BCUT2D eigenvalue weighted by Gasteiger charge is -2.39. The van der Waals surface area contributed by atoms with Crippen LogP contribution in [0.15, 0.2) is 48.5 Å². The third-order valence-corrected chi connectivity index (χ3v) is 9.07. The Hall–Kier alpha value is -2.86. The van der Waals surface area contributed by atoms with Crippen molar-refractivity contribution in [3.05, 3.63) is 59.1 Å². The number of nitrogens with one attached hydrogen (secondary N) is 1. The lowest BCUT2D eigenvalue weighted by Crippen LogP contribution is -2.52. The first-order valence-electron chi connectivity index (χ1n) is 13.4. The maximum absolute atomic E-state index is 13.7. The zero-order chi connectivity index (χ0) is 29.1. The normalized spacial score (nSPS) is 14.3. The van der Waals surface area contributed by atoms with Crippen LogP contribution in [0.5, 0.6) is 5.75 Å². The van der Waals surface area contributed by atoms with Crippen LogP contribution in [0, 0.1) is 0 Å². The van der Waals surface area contributed by atoms with Crippen molar-refractivity contribution in [1.29, 1.82) is 0 Å². The molecule has 10 nitrogen and oxygen atoms in total. The number of sulfonamides is 1. The second-order valence-corrected chi connectivity index (χ2v) is 12.2. The summed E-state index contributed by atoms with van der Waals surface area (Å²) in [6.45, 7) is 2.99. The lowest BCUT2D eigenvalue weighted by molar-refractivity contribution is -0.135. The van der Waals surface area contributed by atoms with Crippen molar-refractivity contribution in [1.82, 2.24) is 14.1 Å². The van der Waals surface area contributed by atoms with E-state index in [2.05, 4.69) is 5.32 Å². The van der Waals surface area contributed by atoms with Gasteiger partial charge in [0.05, 0.1) is 26.0 Å². The first-order chi connectivity index (χ1) is 19.2. The molecule has 0 aliphatic carbocycles. The van der Waals surface area contributed by atoms with Crippen molar-refractivity contribution in [2.45, 2.75) is 38.8 Å². The first-order valence-corrected chi connectivity index (χ1v) is 15.4. The quantitative estimate of drug-likeness (QED) is 0.375. The number of amides is 3. The minimum Gasteiger partial charge on any atom is -0.497 e. The molecule has 220 valence electrons. The van der Waals surface area contributed by atoms with Gasteiger partial charge in [0.25, 0.3) is 0 Å². The number of hydrogen-bond acceptors (Lipinski definition) is 6. The molecule has 3 rings (SSSR count). The number of urea groups is 1. The number of benzene rings is 2. The zero-order valence-electron chi connectivity index (χ0n) is 23.3. The van der Waals surface area contributed by atoms with Gasteiger partial charge >= 0.3 is 6.03 Å². The van der Waals surface area contributed by atoms with Crippen LogP contribution in [0.25, 0.3) is 0 Å². The number of halogens is 1. The molecule has 1 aliphatic rings. The number of carbonyl (C=O) groups excluding carboxylic acids is 2. The van der Waals surface area contributed by atoms with Gasteiger partial charge in [-0.1, -0.05) is 30.7 Å². The summed E-state index contributed by atoms with van der Waals surface area (Å²) in [5, 5.41) is 3.46. The fraction of sp³-hybridized carbons (Fsp3) is 0.500. The molecular weight excluding hydrogens is 556 g/mol. The molecule has 1 N–H and O–H groups in total. The molecule has 0 aromatic heterocycles. The zero-order valence-corrected chi connectivity index (χ0v) is 24.9. The number of hydrogen-bond donors (Lipinski definition) is 1. The third-order valence-electron chi connectivity index (χ3n) is 6.81. The number of likely N-dealkylation sites (tertiary alicyclic amines) is 1. The van der Waals surface area contributed by atoms with Gasteiger partial charge < -0.3 is 24.6 Å². The number of methoxy groups -OCH3 is 2.